The molecule has 1 aromatic carbocycles. The minimum absolute atomic E-state index is 0.149. The molecule has 0 radical (unpaired) electrons. The zero-order chi connectivity index (χ0) is 15.1. The second-order valence-electron chi connectivity index (χ2n) is 4.98. The van der Waals surface area contributed by atoms with Gasteiger partial charge < -0.3 is 19.2 Å². The molecule has 0 aliphatic heterocycles. The van der Waals surface area contributed by atoms with Crippen LogP contribution in [0.25, 0.3) is 11.3 Å². The topological polar surface area (TPSA) is 56.5 Å². The number of hydrogen-bond donors (Lipinski definition) is 1. The predicted octanol–water partition coefficient (Wildman–Crippen LogP) is 2.86. The lowest BCUT2D eigenvalue weighted by Gasteiger charge is -2.09. The molecule has 5 nitrogen and oxygen atoms in total. The van der Waals surface area contributed by atoms with Crippen LogP contribution in [-0.4, -0.2) is 31.3 Å². The normalized spacial score (nSPS) is 11.0. The van der Waals surface area contributed by atoms with Gasteiger partial charge in [0.2, 0.25) is 5.89 Å². The average Bonchev–Trinajstić information content (AvgIpc) is 2.92. The fourth-order valence-corrected chi connectivity index (χ4v) is 1.89. The monoisotopic (exact) mass is 290 g/mol. The van der Waals surface area contributed by atoms with E-state index >= 15 is 0 Å². The Morgan fingerprint density at radius 2 is 2.19 bits per heavy atom. The molecule has 0 saturated carbocycles. The van der Waals surface area contributed by atoms with Gasteiger partial charge in [0.05, 0.1) is 25.5 Å². The quantitative estimate of drug-likeness (QED) is 0.758. The summed E-state index contributed by atoms with van der Waals surface area (Å²) in [5.41, 5.74) is 0.962. The van der Waals surface area contributed by atoms with Crippen LogP contribution in [0.3, 0.4) is 0 Å². The van der Waals surface area contributed by atoms with Crippen LogP contribution >= 0.6 is 0 Å². The van der Waals surface area contributed by atoms with Crippen molar-refractivity contribution < 1.29 is 13.9 Å². The molecule has 1 heterocycles. The molecule has 0 bridgehead atoms. The number of nitrogens with one attached hydrogen (secondary N) is 1. The van der Waals surface area contributed by atoms with Gasteiger partial charge in [-0.05, 0) is 26.0 Å². The Kier molecular flexibility index (Phi) is 5.78. The van der Waals surface area contributed by atoms with Crippen molar-refractivity contribution in [1.29, 1.82) is 0 Å². The van der Waals surface area contributed by atoms with Crippen molar-refractivity contribution in [2.24, 2.45) is 0 Å². The van der Waals surface area contributed by atoms with E-state index in [4.69, 9.17) is 13.9 Å². The molecule has 1 aromatic heterocycles. The van der Waals surface area contributed by atoms with Crippen molar-refractivity contribution in [2.75, 3.05) is 20.3 Å². The predicted molar refractivity (Wildman–Crippen MR) is 81.3 cm³/mol. The fourth-order valence-electron chi connectivity index (χ4n) is 1.89. The van der Waals surface area contributed by atoms with Gasteiger partial charge in [-0.15, -0.1) is 0 Å². The summed E-state index contributed by atoms with van der Waals surface area (Å²) in [5, 5.41) is 3.20. The molecule has 0 fully saturated rings. The second kappa shape index (κ2) is 7.81. The van der Waals surface area contributed by atoms with Crippen molar-refractivity contribution in [1.82, 2.24) is 10.3 Å². The molecule has 2 aromatic rings. The van der Waals surface area contributed by atoms with E-state index in [1.807, 2.05) is 38.1 Å². The Balaban J connectivity index is 2.00. The number of hydrogen-bond acceptors (Lipinski definition) is 5. The molecule has 0 aliphatic rings. The summed E-state index contributed by atoms with van der Waals surface area (Å²) in [4.78, 5) is 4.27. The third-order valence-corrected chi connectivity index (χ3v) is 2.80. The zero-order valence-corrected chi connectivity index (χ0v) is 12.8. The van der Waals surface area contributed by atoms with Crippen molar-refractivity contribution >= 4 is 0 Å². The van der Waals surface area contributed by atoms with E-state index in [1.54, 1.807) is 13.3 Å². The first-order valence-electron chi connectivity index (χ1n) is 7.10. The highest BCUT2D eigenvalue weighted by Gasteiger charge is 2.07. The molecule has 0 saturated heterocycles. The van der Waals surface area contributed by atoms with E-state index in [0.717, 1.165) is 23.6 Å². The van der Waals surface area contributed by atoms with Gasteiger partial charge in [0, 0.05) is 19.2 Å². The lowest BCUT2D eigenvalue weighted by atomic mass is 10.2. The smallest absolute Gasteiger partial charge is 0.208 e. The van der Waals surface area contributed by atoms with Gasteiger partial charge in [0.25, 0.3) is 0 Å². The van der Waals surface area contributed by atoms with Crippen LogP contribution in [0.5, 0.6) is 5.75 Å². The Labute approximate surface area is 125 Å². The van der Waals surface area contributed by atoms with E-state index in [0.29, 0.717) is 19.0 Å². The summed E-state index contributed by atoms with van der Waals surface area (Å²) in [5.74, 6) is 2.24. The van der Waals surface area contributed by atoms with E-state index in [9.17, 15) is 0 Å². The molecule has 114 valence electrons. The highest BCUT2D eigenvalue weighted by molar-refractivity contribution is 5.58. The molecule has 0 amide bonds. The van der Waals surface area contributed by atoms with Crippen LogP contribution in [0.15, 0.2) is 34.9 Å². The molecule has 2 rings (SSSR count). The molecular weight excluding hydrogens is 268 g/mol. The molecule has 0 unspecified atom stereocenters. The standard InChI is InChI=1S/C16H22N2O3/c1-12(2)20-14-6-4-5-13(9-14)15-10-18-16(21-15)11-17-7-8-19-3/h4-6,9-10,12,17H,7-8,11H2,1-3H3. The molecule has 0 spiro atoms. The van der Waals surface area contributed by atoms with Crippen LogP contribution < -0.4 is 10.1 Å². The molecule has 1 N–H and O–H groups in total. The zero-order valence-electron chi connectivity index (χ0n) is 12.8. The summed E-state index contributed by atoms with van der Waals surface area (Å²) in [7, 11) is 1.68. The maximum Gasteiger partial charge on any atom is 0.208 e. The van der Waals surface area contributed by atoms with Crippen molar-refractivity contribution in [3.63, 3.8) is 0 Å². The average molecular weight is 290 g/mol. The SMILES string of the molecule is COCCNCc1ncc(-c2cccc(OC(C)C)c2)o1. The van der Waals surface area contributed by atoms with E-state index in [-0.39, 0.29) is 6.10 Å². The first-order valence-corrected chi connectivity index (χ1v) is 7.10. The second-order valence-corrected chi connectivity index (χ2v) is 4.98. The van der Waals surface area contributed by atoms with E-state index in [1.165, 1.54) is 0 Å². The highest BCUT2D eigenvalue weighted by atomic mass is 16.5. The van der Waals surface area contributed by atoms with Crippen molar-refractivity contribution in [3.05, 3.63) is 36.4 Å². The number of benzene rings is 1. The van der Waals surface area contributed by atoms with Gasteiger partial charge in [-0.1, -0.05) is 12.1 Å². The minimum atomic E-state index is 0.149. The van der Waals surface area contributed by atoms with Gasteiger partial charge in [0.1, 0.15) is 5.75 Å². The highest BCUT2D eigenvalue weighted by Crippen LogP contribution is 2.25. The van der Waals surface area contributed by atoms with Gasteiger partial charge in [0.15, 0.2) is 5.76 Å². The maximum atomic E-state index is 5.74. The Morgan fingerprint density at radius 3 is 2.95 bits per heavy atom. The molecule has 0 aliphatic carbocycles. The van der Waals surface area contributed by atoms with Gasteiger partial charge in [-0.2, -0.15) is 0 Å². The number of rotatable bonds is 8. The first kappa shape index (κ1) is 15.5. The van der Waals surface area contributed by atoms with Crippen LogP contribution in [0.2, 0.25) is 0 Å². The third kappa shape index (κ3) is 4.88. The Morgan fingerprint density at radius 1 is 1.33 bits per heavy atom. The number of nitrogens with zero attached hydrogens (tertiary/aromatic N) is 1. The van der Waals surface area contributed by atoms with Crippen LogP contribution in [0.4, 0.5) is 0 Å². The van der Waals surface area contributed by atoms with Crippen molar-refractivity contribution in [2.45, 2.75) is 26.5 Å². The van der Waals surface area contributed by atoms with Crippen LogP contribution in [-0.2, 0) is 11.3 Å². The first-order chi connectivity index (χ1) is 10.2. The fraction of sp³-hybridized carbons (Fsp3) is 0.438. The summed E-state index contributed by atoms with van der Waals surface area (Å²) >= 11 is 0. The van der Waals surface area contributed by atoms with Crippen LogP contribution in [0, 0.1) is 0 Å². The lowest BCUT2D eigenvalue weighted by molar-refractivity contribution is 0.198. The number of ether oxygens (including phenoxy) is 2. The summed E-state index contributed by atoms with van der Waals surface area (Å²) in [6.45, 7) is 6.04. The molecular formula is C16H22N2O3. The molecule has 0 atom stereocenters. The summed E-state index contributed by atoms with van der Waals surface area (Å²) < 4.78 is 16.4. The largest absolute Gasteiger partial charge is 0.491 e. The minimum Gasteiger partial charge on any atom is -0.491 e. The molecule has 5 heteroatoms. The summed E-state index contributed by atoms with van der Waals surface area (Å²) in [6, 6.07) is 7.83. The Hall–Kier alpha value is -1.85. The number of aromatic nitrogens is 1. The third-order valence-electron chi connectivity index (χ3n) is 2.80. The van der Waals surface area contributed by atoms with Crippen LogP contribution in [0.1, 0.15) is 19.7 Å². The van der Waals surface area contributed by atoms with E-state index in [2.05, 4.69) is 10.3 Å². The van der Waals surface area contributed by atoms with Gasteiger partial charge in [-0.25, -0.2) is 4.98 Å². The lowest BCUT2D eigenvalue weighted by Crippen LogP contribution is -2.18. The number of oxazole rings is 1. The van der Waals surface area contributed by atoms with Crippen molar-refractivity contribution in [3.8, 4) is 17.1 Å². The van der Waals surface area contributed by atoms with Gasteiger partial charge in [-0.3, -0.25) is 0 Å². The van der Waals surface area contributed by atoms with Gasteiger partial charge >= 0.3 is 0 Å². The maximum absolute atomic E-state index is 5.74. The van der Waals surface area contributed by atoms with E-state index < -0.39 is 0 Å². The Bertz CT molecular complexity index is 552. The molecule has 21 heavy (non-hydrogen) atoms. The number of methoxy groups -OCH3 is 1. The summed E-state index contributed by atoms with van der Waals surface area (Å²) in [6.07, 6.45) is 1.89.